The molecule has 4 fully saturated rings. The van der Waals surface area contributed by atoms with E-state index in [1.807, 2.05) is 32.0 Å². The van der Waals surface area contributed by atoms with Crippen LogP contribution in [0.2, 0.25) is 0 Å². The second-order valence-corrected chi connectivity index (χ2v) is 17.1. The van der Waals surface area contributed by atoms with Gasteiger partial charge in [-0.1, -0.05) is 39.2 Å². The van der Waals surface area contributed by atoms with Crippen LogP contribution in [-0.2, 0) is 26.1 Å². The molecule has 2 saturated heterocycles. The summed E-state index contributed by atoms with van der Waals surface area (Å²) in [6.45, 7) is 5.33. The van der Waals surface area contributed by atoms with Crippen molar-refractivity contribution in [2.24, 2.45) is 11.3 Å². The molecule has 2 aliphatic carbocycles. The summed E-state index contributed by atoms with van der Waals surface area (Å²) in [7, 11) is -2.09. The molecule has 3 aromatic rings. The molecule has 256 valence electrons. The first-order chi connectivity index (χ1) is 23.1. The van der Waals surface area contributed by atoms with Crippen LogP contribution in [0.25, 0.3) is 22.2 Å². The van der Waals surface area contributed by atoms with Gasteiger partial charge < -0.3 is 18.9 Å². The van der Waals surface area contributed by atoms with Gasteiger partial charge in [0.2, 0.25) is 15.9 Å². The highest BCUT2D eigenvalue weighted by Gasteiger charge is 2.65. The maximum Gasteiger partial charge on any atom is 0.264 e. The van der Waals surface area contributed by atoms with Crippen molar-refractivity contribution in [2.75, 3.05) is 26.1 Å². The number of morpholine rings is 1. The molecule has 5 aliphatic rings. The number of piperidine rings is 1. The predicted molar refractivity (Wildman–Crippen MR) is 185 cm³/mol. The Hall–Kier alpha value is -3.37. The zero-order chi connectivity index (χ0) is 33.4. The van der Waals surface area contributed by atoms with Crippen LogP contribution in [0.5, 0.6) is 5.75 Å². The molecule has 10 heteroatoms. The van der Waals surface area contributed by atoms with E-state index in [2.05, 4.69) is 26.3 Å². The number of methoxy groups -OCH3 is 1. The molecule has 2 unspecified atom stereocenters. The summed E-state index contributed by atoms with van der Waals surface area (Å²) in [6, 6.07) is 12.2. The SMILES string of the molecule is COc1ccc2c(c1)C1CC1(C(=O)N1[C@@H]3CCC[C@H]1COC3)Cn1c-2c(C2CCCCC2)c2ccc(C(=O)NS(=O)(=O)CC(C)C)cc21. The molecule has 2 bridgehead atoms. The number of nitrogens with zero attached hydrogens (tertiary/aromatic N) is 2. The number of sulfonamides is 1. The minimum absolute atomic E-state index is 0.0560. The predicted octanol–water partition coefficient (Wildman–Crippen LogP) is 6.35. The van der Waals surface area contributed by atoms with Crippen molar-refractivity contribution in [3.63, 3.8) is 0 Å². The van der Waals surface area contributed by atoms with E-state index in [9.17, 15) is 13.2 Å². The zero-order valence-corrected chi connectivity index (χ0v) is 29.1. The van der Waals surface area contributed by atoms with E-state index < -0.39 is 21.3 Å². The lowest BCUT2D eigenvalue weighted by atomic mass is 9.81. The number of rotatable bonds is 7. The molecule has 2 aromatic carbocycles. The van der Waals surface area contributed by atoms with Gasteiger partial charge in [-0.3, -0.25) is 9.59 Å². The van der Waals surface area contributed by atoms with Crippen molar-refractivity contribution in [3.8, 4) is 17.0 Å². The van der Waals surface area contributed by atoms with Gasteiger partial charge in [0.15, 0.2) is 0 Å². The third-order valence-corrected chi connectivity index (χ3v) is 13.3. The minimum Gasteiger partial charge on any atom is -0.497 e. The highest BCUT2D eigenvalue weighted by atomic mass is 32.2. The number of benzene rings is 2. The van der Waals surface area contributed by atoms with Gasteiger partial charge >= 0.3 is 0 Å². The lowest BCUT2D eigenvalue weighted by Crippen LogP contribution is -2.59. The number of ether oxygens (including phenoxy) is 2. The van der Waals surface area contributed by atoms with E-state index >= 15 is 4.79 Å². The van der Waals surface area contributed by atoms with Crippen LogP contribution in [0.15, 0.2) is 36.4 Å². The van der Waals surface area contributed by atoms with Crippen LogP contribution in [0.1, 0.15) is 105 Å². The summed E-state index contributed by atoms with van der Waals surface area (Å²) in [4.78, 5) is 30.7. The summed E-state index contributed by atoms with van der Waals surface area (Å²) < 4.78 is 41.8. The Morgan fingerprint density at radius 1 is 1.00 bits per heavy atom. The fraction of sp³-hybridized carbons (Fsp3) is 0.579. The normalized spacial score (nSPS) is 26.8. The van der Waals surface area contributed by atoms with Crippen LogP contribution in [0.3, 0.4) is 0 Å². The summed E-state index contributed by atoms with van der Waals surface area (Å²) in [5.41, 5.74) is 5.31. The number of aromatic nitrogens is 1. The van der Waals surface area contributed by atoms with Crippen LogP contribution in [0, 0.1) is 11.3 Å². The molecule has 2 saturated carbocycles. The van der Waals surface area contributed by atoms with Crippen molar-refractivity contribution in [1.29, 1.82) is 0 Å². The molecule has 48 heavy (non-hydrogen) atoms. The minimum atomic E-state index is -3.78. The van der Waals surface area contributed by atoms with Crippen molar-refractivity contribution in [1.82, 2.24) is 14.2 Å². The van der Waals surface area contributed by atoms with Crippen molar-refractivity contribution >= 4 is 32.7 Å². The lowest BCUT2D eigenvalue weighted by molar-refractivity contribution is -0.157. The molecule has 0 spiro atoms. The Labute approximate surface area is 283 Å². The molecule has 0 radical (unpaired) electrons. The third-order valence-electron chi connectivity index (χ3n) is 11.7. The Morgan fingerprint density at radius 3 is 2.46 bits per heavy atom. The van der Waals surface area contributed by atoms with Gasteiger partial charge in [0, 0.05) is 34.5 Å². The summed E-state index contributed by atoms with van der Waals surface area (Å²) >= 11 is 0. The number of carbonyl (C=O) groups excluding carboxylic acids is 2. The fourth-order valence-corrected chi connectivity index (χ4v) is 10.9. The largest absolute Gasteiger partial charge is 0.497 e. The standard InChI is InChI=1S/C38H47N3O6S/c1-23(2)21-48(44,45)39-36(42)25-12-14-30-33(16-25)40-22-38(37(43)41-26-10-7-11-27(41)20-47-19-26)18-32(38)31-17-28(46-3)13-15-29(31)35(40)34(30)24-8-5-4-6-9-24/h12-17,23-24,26-27,32H,4-11,18-22H2,1-3H3,(H,39,42)/t26-,27+,32?,38?. The highest BCUT2D eigenvalue weighted by Crippen LogP contribution is 2.66. The van der Waals surface area contributed by atoms with E-state index in [4.69, 9.17) is 9.47 Å². The third kappa shape index (κ3) is 5.25. The topological polar surface area (TPSA) is 107 Å². The fourth-order valence-electron chi connectivity index (χ4n) is 9.52. The molecule has 8 rings (SSSR count). The Kier molecular flexibility index (Phi) is 7.90. The monoisotopic (exact) mass is 673 g/mol. The number of fused-ring (bicyclic) bond motifs is 9. The number of carbonyl (C=O) groups is 2. The van der Waals surface area contributed by atoms with E-state index in [-0.39, 0.29) is 35.6 Å². The zero-order valence-electron chi connectivity index (χ0n) is 28.3. The molecule has 1 N–H and O–H groups in total. The van der Waals surface area contributed by atoms with Gasteiger partial charge in [0.25, 0.3) is 5.91 Å². The van der Waals surface area contributed by atoms with Crippen molar-refractivity contribution in [2.45, 2.75) is 102 Å². The molecule has 4 atom stereocenters. The average molecular weight is 674 g/mol. The molecule has 9 nitrogen and oxygen atoms in total. The summed E-state index contributed by atoms with van der Waals surface area (Å²) in [6.07, 6.45) is 9.58. The van der Waals surface area contributed by atoms with Crippen LogP contribution < -0.4 is 9.46 Å². The van der Waals surface area contributed by atoms with Crippen LogP contribution >= 0.6 is 0 Å². The summed E-state index contributed by atoms with van der Waals surface area (Å²) in [5, 5.41) is 1.09. The van der Waals surface area contributed by atoms with Gasteiger partial charge in [-0.2, -0.15) is 0 Å². The first-order valence-corrected chi connectivity index (χ1v) is 19.5. The quantitative estimate of drug-likeness (QED) is 0.314. The van der Waals surface area contributed by atoms with Gasteiger partial charge in [-0.05, 0) is 91.8 Å². The Bertz CT molecular complexity index is 1870. The highest BCUT2D eigenvalue weighted by molar-refractivity contribution is 7.90. The van der Waals surface area contributed by atoms with Gasteiger partial charge in [0.1, 0.15) is 5.75 Å². The second-order valence-electron chi connectivity index (χ2n) is 15.4. The van der Waals surface area contributed by atoms with E-state index in [1.54, 1.807) is 13.2 Å². The van der Waals surface area contributed by atoms with E-state index in [1.165, 1.54) is 24.8 Å². The van der Waals surface area contributed by atoms with E-state index in [0.29, 0.717) is 31.2 Å². The number of hydrogen-bond acceptors (Lipinski definition) is 6. The van der Waals surface area contributed by atoms with Crippen LogP contribution in [0.4, 0.5) is 0 Å². The van der Waals surface area contributed by atoms with E-state index in [0.717, 1.165) is 72.0 Å². The van der Waals surface area contributed by atoms with Gasteiger partial charge in [-0.15, -0.1) is 0 Å². The molecule has 4 heterocycles. The first kappa shape index (κ1) is 31.9. The molecule has 2 amide bonds. The van der Waals surface area contributed by atoms with Gasteiger partial charge in [0.05, 0.1) is 49.3 Å². The van der Waals surface area contributed by atoms with Crippen LogP contribution in [-0.4, -0.2) is 67.9 Å². The number of hydrogen-bond donors (Lipinski definition) is 1. The molecule has 3 aliphatic heterocycles. The smallest absolute Gasteiger partial charge is 0.264 e. The Morgan fingerprint density at radius 2 is 1.75 bits per heavy atom. The average Bonchev–Trinajstić information content (AvgIpc) is 3.73. The van der Waals surface area contributed by atoms with Crippen molar-refractivity contribution in [3.05, 3.63) is 53.1 Å². The number of amides is 2. The van der Waals surface area contributed by atoms with Crippen molar-refractivity contribution < 1.29 is 27.5 Å². The maximum absolute atomic E-state index is 15.0. The summed E-state index contributed by atoms with van der Waals surface area (Å²) in [5.74, 6) is 0.573. The molecular weight excluding hydrogens is 627 g/mol. The second kappa shape index (κ2) is 11.9. The number of nitrogens with one attached hydrogen (secondary N) is 1. The lowest BCUT2D eigenvalue weighted by Gasteiger charge is -2.47. The Balaban J connectivity index is 1.31. The first-order valence-electron chi connectivity index (χ1n) is 17.9. The maximum atomic E-state index is 15.0. The van der Waals surface area contributed by atoms with Gasteiger partial charge in [-0.25, -0.2) is 13.1 Å². The molecule has 1 aromatic heterocycles. The molecular formula is C38H47N3O6S.